The van der Waals surface area contributed by atoms with Crippen LogP contribution in [0.5, 0.6) is 0 Å². The zero-order valence-electron chi connectivity index (χ0n) is 9.64. The van der Waals surface area contributed by atoms with Gasteiger partial charge in [-0.25, -0.2) is 0 Å². The van der Waals surface area contributed by atoms with Crippen LogP contribution in [0.25, 0.3) is 5.57 Å². The van der Waals surface area contributed by atoms with E-state index in [0.29, 0.717) is 6.54 Å². The maximum Gasteiger partial charge on any atom is 0.0112 e. The molecule has 1 heteroatoms. The normalized spacial score (nSPS) is 17.9. The highest BCUT2D eigenvalue weighted by atomic mass is 14.5. The third-order valence-corrected chi connectivity index (χ3v) is 3.20. The maximum atomic E-state index is 5.62. The number of hydrogen-bond acceptors (Lipinski definition) is 1. The molecule has 1 aromatic rings. The summed E-state index contributed by atoms with van der Waals surface area (Å²) in [6.07, 6.45) is 5.86. The highest BCUT2D eigenvalue weighted by Crippen LogP contribution is 2.33. The number of hydrogen-bond donors (Lipinski definition) is 1. The van der Waals surface area contributed by atoms with Crippen LogP contribution in [0.2, 0.25) is 0 Å². The van der Waals surface area contributed by atoms with Crippen molar-refractivity contribution in [3.8, 4) is 0 Å². The molecule has 0 aliphatic heterocycles. The number of rotatable bonds is 1. The standard InChI is InChI=1S/C14H19N/c1-10-8-11(2)13-5-3-4-12(6-7-15)14(13)9-10/h6,8-9H,3-5,7,15H2,1-2H3. The van der Waals surface area contributed by atoms with E-state index in [9.17, 15) is 0 Å². The van der Waals surface area contributed by atoms with Gasteiger partial charge in [0.05, 0.1) is 0 Å². The van der Waals surface area contributed by atoms with Gasteiger partial charge in [-0.2, -0.15) is 0 Å². The summed E-state index contributed by atoms with van der Waals surface area (Å²) in [6, 6.07) is 4.59. The first-order chi connectivity index (χ1) is 7.22. The molecule has 0 bridgehead atoms. The van der Waals surface area contributed by atoms with Gasteiger partial charge in [-0.15, -0.1) is 0 Å². The van der Waals surface area contributed by atoms with E-state index in [1.54, 1.807) is 0 Å². The predicted molar refractivity (Wildman–Crippen MR) is 65.9 cm³/mol. The van der Waals surface area contributed by atoms with Crippen molar-refractivity contribution in [1.29, 1.82) is 0 Å². The second-order valence-electron chi connectivity index (χ2n) is 4.43. The number of allylic oxidation sites excluding steroid dienone is 1. The molecule has 1 aliphatic rings. The molecule has 15 heavy (non-hydrogen) atoms. The molecule has 0 heterocycles. The molecule has 0 unspecified atom stereocenters. The van der Waals surface area contributed by atoms with E-state index in [-0.39, 0.29) is 0 Å². The Morgan fingerprint density at radius 2 is 2.07 bits per heavy atom. The molecule has 1 nitrogen and oxygen atoms in total. The molecule has 0 saturated carbocycles. The van der Waals surface area contributed by atoms with Crippen LogP contribution < -0.4 is 5.73 Å². The minimum atomic E-state index is 0.655. The van der Waals surface area contributed by atoms with Crippen molar-refractivity contribution >= 4 is 5.57 Å². The van der Waals surface area contributed by atoms with Gasteiger partial charge in [0, 0.05) is 6.54 Å². The minimum absolute atomic E-state index is 0.655. The maximum absolute atomic E-state index is 5.62. The summed E-state index contributed by atoms with van der Waals surface area (Å²) < 4.78 is 0. The second-order valence-corrected chi connectivity index (χ2v) is 4.43. The predicted octanol–water partition coefficient (Wildman–Crippen LogP) is 2.98. The highest BCUT2D eigenvalue weighted by Gasteiger charge is 2.15. The molecule has 0 spiro atoms. The van der Waals surface area contributed by atoms with Gasteiger partial charge in [0.1, 0.15) is 0 Å². The Morgan fingerprint density at radius 1 is 1.27 bits per heavy atom. The number of benzene rings is 1. The van der Waals surface area contributed by atoms with E-state index >= 15 is 0 Å². The van der Waals surface area contributed by atoms with Gasteiger partial charge < -0.3 is 5.73 Å². The average molecular weight is 201 g/mol. The van der Waals surface area contributed by atoms with Crippen LogP contribution in [-0.4, -0.2) is 6.54 Å². The smallest absolute Gasteiger partial charge is 0.0112 e. The van der Waals surface area contributed by atoms with E-state index in [2.05, 4.69) is 32.1 Å². The quantitative estimate of drug-likeness (QED) is 0.742. The molecular weight excluding hydrogens is 182 g/mol. The Hall–Kier alpha value is -1.08. The Bertz CT molecular complexity index is 402. The monoisotopic (exact) mass is 201 g/mol. The summed E-state index contributed by atoms with van der Waals surface area (Å²) in [5.74, 6) is 0. The van der Waals surface area contributed by atoms with Crippen molar-refractivity contribution in [1.82, 2.24) is 0 Å². The lowest BCUT2D eigenvalue weighted by Crippen LogP contribution is -2.06. The first-order valence-corrected chi connectivity index (χ1v) is 5.72. The lowest BCUT2D eigenvalue weighted by molar-refractivity contribution is 0.813. The zero-order valence-corrected chi connectivity index (χ0v) is 9.64. The van der Waals surface area contributed by atoms with Crippen molar-refractivity contribution in [3.05, 3.63) is 40.5 Å². The second kappa shape index (κ2) is 4.19. The summed E-state index contributed by atoms with van der Waals surface area (Å²) >= 11 is 0. The first-order valence-electron chi connectivity index (χ1n) is 5.72. The third kappa shape index (κ3) is 1.98. The topological polar surface area (TPSA) is 26.0 Å². The Morgan fingerprint density at radius 3 is 2.80 bits per heavy atom. The van der Waals surface area contributed by atoms with E-state index in [1.807, 2.05) is 0 Å². The van der Waals surface area contributed by atoms with Gasteiger partial charge in [-0.05, 0) is 55.4 Å². The molecule has 0 amide bonds. The summed E-state index contributed by atoms with van der Waals surface area (Å²) in [6.45, 7) is 5.04. The Balaban J connectivity index is 2.55. The molecule has 0 atom stereocenters. The fraction of sp³-hybridized carbons (Fsp3) is 0.429. The van der Waals surface area contributed by atoms with Gasteiger partial charge in [-0.3, -0.25) is 0 Å². The van der Waals surface area contributed by atoms with Gasteiger partial charge in [0.2, 0.25) is 0 Å². The number of nitrogens with two attached hydrogens (primary N) is 1. The average Bonchev–Trinajstić information content (AvgIpc) is 2.19. The Kier molecular flexibility index (Phi) is 2.92. The van der Waals surface area contributed by atoms with E-state index < -0.39 is 0 Å². The molecule has 0 saturated heterocycles. The summed E-state index contributed by atoms with van der Waals surface area (Å²) in [5, 5.41) is 0. The van der Waals surface area contributed by atoms with Gasteiger partial charge in [0.15, 0.2) is 0 Å². The lowest BCUT2D eigenvalue weighted by Gasteiger charge is -2.22. The van der Waals surface area contributed by atoms with Crippen LogP contribution in [0.3, 0.4) is 0 Å². The SMILES string of the molecule is Cc1cc(C)c2c(c1)C(=CCN)CCC2. The van der Waals surface area contributed by atoms with Gasteiger partial charge >= 0.3 is 0 Å². The van der Waals surface area contributed by atoms with Crippen LogP contribution in [0.1, 0.15) is 35.1 Å². The van der Waals surface area contributed by atoms with Gasteiger partial charge in [0.25, 0.3) is 0 Å². The zero-order chi connectivity index (χ0) is 10.8. The van der Waals surface area contributed by atoms with Crippen molar-refractivity contribution in [2.45, 2.75) is 33.1 Å². The van der Waals surface area contributed by atoms with Crippen molar-refractivity contribution in [2.24, 2.45) is 5.73 Å². The molecule has 1 aromatic carbocycles. The van der Waals surface area contributed by atoms with Crippen molar-refractivity contribution in [2.75, 3.05) is 6.54 Å². The molecule has 1 aliphatic carbocycles. The van der Waals surface area contributed by atoms with Crippen LogP contribution in [-0.2, 0) is 6.42 Å². The Labute approximate surface area is 92.0 Å². The fourth-order valence-corrected chi connectivity index (χ4v) is 2.56. The molecule has 0 fully saturated rings. The summed E-state index contributed by atoms with van der Waals surface area (Å²) in [7, 11) is 0. The summed E-state index contributed by atoms with van der Waals surface area (Å²) in [5.41, 5.74) is 12.8. The molecule has 2 rings (SSSR count). The molecule has 2 N–H and O–H groups in total. The fourth-order valence-electron chi connectivity index (χ4n) is 2.56. The van der Waals surface area contributed by atoms with E-state index in [1.165, 1.54) is 47.1 Å². The first kappa shape index (κ1) is 10.4. The van der Waals surface area contributed by atoms with Crippen molar-refractivity contribution < 1.29 is 0 Å². The molecule has 0 radical (unpaired) electrons. The van der Waals surface area contributed by atoms with E-state index in [0.717, 1.165) is 0 Å². The largest absolute Gasteiger partial charge is 0.327 e. The van der Waals surface area contributed by atoms with Gasteiger partial charge in [-0.1, -0.05) is 23.8 Å². The number of fused-ring (bicyclic) bond motifs is 1. The number of aryl methyl sites for hydroxylation is 2. The minimum Gasteiger partial charge on any atom is -0.327 e. The van der Waals surface area contributed by atoms with Crippen molar-refractivity contribution in [3.63, 3.8) is 0 Å². The highest BCUT2D eigenvalue weighted by molar-refractivity contribution is 5.71. The molecular formula is C14H19N. The third-order valence-electron chi connectivity index (χ3n) is 3.20. The van der Waals surface area contributed by atoms with Crippen LogP contribution in [0.15, 0.2) is 18.2 Å². The molecule has 80 valence electrons. The van der Waals surface area contributed by atoms with Crippen LogP contribution >= 0.6 is 0 Å². The lowest BCUT2D eigenvalue weighted by atomic mass is 9.84. The van der Waals surface area contributed by atoms with Crippen LogP contribution in [0.4, 0.5) is 0 Å². The van der Waals surface area contributed by atoms with Crippen LogP contribution in [0, 0.1) is 13.8 Å². The van der Waals surface area contributed by atoms with E-state index in [4.69, 9.17) is 5.73 Å². The molecule has 0 aromatic heterocycles. The summed E-state index contributed by atoms with van der Waals surface area (Å²) in [4.78, 5) is 0.